The molecular weight excluding hydrogens is 491 g/mol. The smallest absolute Gasteiger partial charge is 0.217 e. The lowest BCUT2D eigenvalue weighted by molar-refractivity contribution is -0.119. The number of primary amides is 1. The van der Waals surface area contributed by atoms with Crippen LogP contribution in [0.2, 0.25) is 0 Å². The SMILES string of the molecule is CN=C(NCC1(c2ccc(OC)cc2)CCCCC1)N1CCCC(CC(N)=O)C1.I. The number of halogens is 1. The number of guanidine groups is 1. The Bertz CT molecular complexity index is 702. The minimum absolute atomic E-state index is 0. The van der Waals surface area contributed by atoms with Crippen LogP contribution >= 0.6 is 24.0 Å². The number of carbonyl (C=O) groups is 1. The lowest BCUT2D eigenvalue weighted by Gasteiger charge is -2.40. The molecule has 168 valence electrons. The molecule has 3 rings (SSSR count). The van der Waals surface area contributed by atoms with E-state index in [-0.39, 0.29) is 35.3 Å². The van der Waals surface area contributed by atoms with Crippen LogP contribution in [0.1, 0.15) is 56.9 Å². The second kappa shape index (κ2) is 11.8. The average molecular weight is 528 g/mol. The molecule has 1 aliphatic carbocycles. The van der Waals surface area contributed by atoms with E-state index >= 15 is 0 Å². The molecule has 1 saturated heterocycles. The normalized spacial score (nSPS) is 21.5. The highest BCUT2D eigenvalue weighted by atomic mass is 127. The number of amides is 1. The Morgan fingerprint density at radius 2 is 1.93 bits per heavy atom. The van der Waals surface area contributed by atoms with E-state index in [4.69, 9.17) is 10.5 Å². The first-order chi connectivity index (χ1) is 14.1. The second-order valence-corrected chi connectivity index (χ2v) is 8.59. The molecule has 1 saturated carbocycles. The fourth-order valence-electron chi connectivity index (χ4n) is 5.03. The van der Waals surface area contributed by atoms with Gasteiger partial charge in [0.15, 0.2) is 5.96 Å². The first-order valence-electron chi connectivity index (χ1n) is 10.9. The predicted molar refractivity (Wildman–Crippen MR) is 133 cm³/mol. The Morgan fingerprint density at radius 1 is 1.23 bits per heavy atom. The third-order valence-electron chi connectivity index (χ3n) is 6.62. The van der Waals surface area contributed by atoms with Crippen molar-refractivity contribution in [2.24, 2.45) is 16.6 Å². The van der Waals surface area contributed by atoms with Crippen LogP contribution in [-0.4, -0.2) is 50.6 Å². The summed E-state index contributed by atoms with van der Waals surface area (Å²) in [6.45, 7) is 2.70. The molecule has 1 aromatic carbocycles. The molecule has 7 heteroatoms. The zero-order valence-corrected chi connectivity index (χ0v) is 20.7. The Kier molecular flexibility index (Phi) is 9.71. The van der Waals surface area contributed by atoms with Crippen molar-refractivity contribution in [2.45, 2.75) is 56.8 Å². The Morgan fingerprint density at radius 3 is 2.53 bits per heavy atom. The maximum Gasteiger partial charge on any atom is 0.217 e. The topological polar surface area (TPSA) is 80.0 Å². The minimum atomic E-state index is -0.208. The summed E-state index contributed by atoms with van der Waals surface area (Å²) in [5, 5.41) is 3.68. The lowest BCUT2D eigenvalue weighted by atomic mass is 9.69. The zero-order chi connectivity index (χ0) is 20.7. The number of hydrogen-bond donors (Lipinski definition) is 2. The number of nitrogens with two attached hydrogens (primary N) is 1. The van der Waals surface area contributed by atoms with Crippen molar-refractivity contribution in [1.82, 2.24) is 10.2 Å². The summed E-state index contributed by atoms with van der Waals surface area (Å²) in [7, 11) is 3.56. The molecule has 2 fully saturated rings. The molecule has 3 N–H and O–H groups in total. The van der Waals surface area contributed by atoms with Crippen LogP contribution in [-0.2, 0) is 10.2 Å². The van der Waals surface area contributed by atoms with Gasteiger partial charge in [0.25, 0.3) is 0 Å². The molecule has 30 heavy (non-hydrogen) atoms. The van der Waals surface area contributed by atoms with Gasteiger partial charge in [-0.1, -0.05) is 31.4 Å². The molecule has 1 atom stereocenters. The molecular formula is C23H37IN4O2. The van der Waals surface area contributed by atoms with Gasteiger partial charge in [-0.25, -0.2) is 0 Å². The number of methoxy groups -OCH3 is 1. The number of piperidine rings is 1. The van der Waals surface area contributed by atoms with E-state index in [0.717, 1.165) is 44.2 Å². The molecule has 1 amide bonds. The van der Waals surface area contributed by atoms with Gasteiger partial charge < -0.3 is 20.7 Å². The van der Waals surface area contributed by atoms with Gasteiger partial charge in [-0.3, -0.25) is 9.79 Å². The van der Waals surface area contributed by atoms with Crippen LogP contribution in [0.4, 0.5) is 0 Å². The number of carbonyl (C=O) groups excluding carboxylic acids is 1. The highest BCUT2D eigenvalue weighted by molar-refractivity contribution is 14.0. The molecule has 1 heterocycles. The number of aliphatic imine (C=N–C) groups is 1. The monoisotopic (exact) mass is 528 g/mol. The van der Waals surface area contributed by atoms with Gasteiger partial charge in [-0.2, -0.15) is 0 Å². The number of hydrogen-bond acceptors (Lipinski definition) is 3. The van der Waals surface area contributed by atoms with E-state index in [1.165, 1.54) is 37.7 Å². The van der Waals surface area contributed by atoms with Crippen molar-refractivity contribution in [2.75, 3.05) is 33.8 Å². The summed E-state index contributed by atoms with van der Waals surface area (Å²) in [6.07, 6.45) is 8.81. The number of rotatable bonds is 6. The molecule has 0 spiro atoms. The number of nitrogens with zero attached hydrogens (tertiary/aromatic N) is 2. The van der Waals surface area contributed by atoms with E-state index in [9.17, 15) is 4.79 Å². The van der Waals surface area contributed by atoms with Crippen molar-refractivity contribution in [1.29, 1.82) is 0 Å². The maximum absolute atomic E-state index is 11.3. The summed E-state index contributed by atoms with van der Waals surface area (Å²) in [5.41, 5.74) is 6.93. The second-order valence-electron chi connectivity index (χ2n) is 8.59. The summed E-state index contributed by atoms with van der Waals surface area (Å²) >= 11 is 0. The third kappa shape index (κ3) is 6.25. The molecule has 0 aromatic heterocycles. The van der Waals surface area contributed by atoms with E-state index < -0.39 is 0 Å². The number of nitrogens with one attached hydrogen (secondary N) is 1. The summed E-state index contributed by atoms with van der Waals surface area (Å²) in [4.78, 5) is 18.2. The fraction of sp³-hybridized carbons (Fsp3) is 0.652. The maximum atomic E-state index is 11.3. The zero-order valence-electron chi connectivity index (χ0n) is 18.4. The van der Waals surface area contributed by atoms with E-state index in [1.54, 1.807) is 7.11 Å². The molecule has 1 aromatic rings. The third-order valence-corrected chi connectivity index (χ3v) is 6.62. The first-order valence-corrected chi connectivity index (χ1v) is 10.9. The standard InChI is InChI=1S/C23H36N4O2.HI/c1-25-22(27-14-6-7-18(16-27)15-21(24)28)26-17-23(12-4-3-5-13-23)19-8-10-20(29-2)11-9-19;/h8-11,18H,3-7,12-17H2,1-2H3,(H2,24,28)(H,25,26);1H. The average Bonchev–Trinajstić information content (AvgIpc) is 2.75. The first kappa shape index (κ1) is 24.8. The van der Waals surface area contributed by atoms with Crippen molar-refractivity contribution in [3.05, 3.63) is 29.8 Å². The van der Waals surface area contributed by atoms with Gasteiger partial charge in [-0.15, -0.1) is 24.0 Å². The van der Waals surface area contributed by atoms with Gasteiger partial charge in [0, 0.05) is 38.5 Å². The van der Waals surface area contributed by atoms with Crippen molar-refractivity contribution < 1.29 is 9.53 Å². The van der Waals surface area contributed by atoms with Gasteiger partial charge >= 0.3 is 0 Å². The summed E-state index contributed by atoms with van der Waals surface area (Å²) in [5.74, 6) is 1.96. The molecule has 0 radical (unpaired) electrons. The van der Waals surface area contributed by atoms with Crippen LogP contribution in [0.15, 0.2) is 29.3 Å². The highest BCUT2D eigenvalue weighted by Crippen LogP contribution is 2.39. The largest absolute Gasteiger partial charge is 0.497 e. The van der Waals surface area contributed by atoms with Crippen molar-refractivity contribution >= 4 is 35.8 Å². The van der Waals surface area contributed by atoms with Crippen molar-refractivity contribution in [3.8, 4) is 5.75 Å². The fourth-order valence-corrected chi connectivity index (χ4v) is 5.03. The van der Waals surface area contributed by atoms with E-state index in [2.05, 4.69) is 39.5 Å². The molecule has 2 aliphatic rings. The predicted octanol–water partition coefficient (Wildman–Crippen LogP) is 3.68. The number of ether oxygens (including phenoxy) is 1. The Hall–Kier alpha value is -1.51. The van der Waals surface area contributed by atoms with E-state index in [0.29, 0.717) is 12.3 Å². The van der Waals surface area contributed by atoms with Crippen LogP contribution in [0, 0.1) is 5.92 Å². The van der Waals surface area contributed by atoms with Crippen LogP contribution < -0.4 is 15.8 Å². The minimum Gasteiger partial charge on any atom is -0.497 e. The number of benzene rings is 1. The van der Waals surface area contributed by atoms with Gasteiger partial charge in [0.1, 0.15) is 5.75 Å². The Labute approximate surface area is 198 Å². The highest BCUT2D eigenvalue weighted by Gasteiger charge is 2.34. The number of likely N-dealkylation sites (tertiary alicyclic amines) is 1. The quantitative estimate of drug-likeness (QED) is 0.336. The lowest BCUT2D eigenvalue weighted by Crippen LogP contribution is -2.51. The van der Waals surface area contributed by atoms with Crippen molar-refractivity contribution in [3.63, 3.8) is 0 Å². The van der Waals surface area contributed by atoms with Gasteiger partial charge in [-0.05, 0) is 49.3 Å². The van der Waals surface area contributed by atoms with Crippen LogP contribution in [0.25, 0.3) is 0 Å². The van der Waals surface area contributed by atoms with Gasteiger partial charge in [0.05, 0.1) is 7.11 Å². The van der Waals surface area contributed by atoms with Crippen LogP contribution in [0.5, 0.6) is 5.75 Å². The van der Waals surface area contributed by atoms with Crippen LogP contribution in [0.3, 0.4) is 0 Å². The Balaban J connectivity index is 0.00000320. The molecule has 0 bridgehead atoms. The molecule has 1 aliphatic heterocycles. The van der Waals surface area contributed by atoms with E-state index in [1.807, 2.05) is 7.05 Å². The van der Waals surface area contributed by atoms with Gasteiger partial charge in [0.2, 0.25) is 5.91 Å². The molecule has 1 unspecified atom stereocenters. The summed E-state index contributed by atoms with van der Waals surface area (Å²) in [6, 6.07) is 8.58. The summed E-state index contributed by atoms with van der Waals surface area (Å²) < 4.78 is 5.35. The molecule has 6 nitrogen and oxygen atoms in total.